The summed E-state index contributed by atoms with van der Waals surface area (Å²) in [4.78, 5) is 23.4. The number of halogens is 2. The van der Waals surface area contributed by atoms with Gasteiger partial charge in [0.15, 0.2) is 0 Å². The van der Waals surface area contributed by atoms with Crippen molar-refractivity contribution in [3.05, 3.63) is 57.0 Å². The van der Waals surface area contributed by atoms with Crippen LogP contribution in [0.5, 0.6) is 0 Å². The van der Waals surface area contributed by atoms with Gasteiger partial charge in [0.25, 0.3) is 5.91 Å². The fourth-order valence-corrected chi connectivity index (χ4v) is 2.56. The molecule has 0 saturated heterocycles. The highest BCUT2D eigenvalue weighted by Gasteiger charge is 2.10. The van der Waals surface area contributed by atoms with Crippen LogP contribution in [0.4, 0.5) is 10.1 Å². The van der Waals surface area contributed by atoms with E-state index in [0.717, 1.165) is 29.5 Å². The van der Waals surface area contributed by atoms with Crippen molar-refractivity contribution in [1.29, 1.82) is 0 Å². The Morgan fingerprint density at radius 3 is 2.71 bits per heavy atom. The summed E-state index contributed by atoms with van der Waals surface area (Å²) in [6.07, 6.45) is 2.38. The highest BCUT2D eigenvalue weighted by Crippen LogP contribution is 2.22. The van der Waals surface area contributed by atoms with E-state index >= 15 is 0 Å². The molecule has 21 heavy (non-hydrogen) atoms. The summed E-state index contributed by atoms with van der Waals surface area (Å²) < 4.78 is 13.2. The molecule has 1 aromatic heterocycles. The van der Waals surface area contributed by atoms with Gasteiger partial charge in [-0.2, -0.15) is 0 Å². The third-order valence-electron chi connectivity index (χ3n) is 2.36. The number of carboxylic acid groups (broad SMARTS) is 1. The molecule has 1 amide bonds. The van der Waals surface area contributed by atoms with Crippen molar-refractivity contribution in [1.82, 2.24) is 0 Å². The van der Waals surface area contributed by atoms with Gasteiger partial charge in [-0.1, -0.05) is 11.6 Å². The molecular weight excluding hydrogens is 317 g/mol. The predicted octanol–water partition coefficient (Wildman–Crippen LogP) is 3.89. The summed E-state index contributed by atoms with van der Waals surface area (Å²) in [7, 11) is 0. The minimum atomic E-state index is -1.07. The number of aliphatic carboxylic acids is 1. The molecular formula is C14H9ClFNO3S. The van der Waals surface area contributed by atoms with Crippen molar-refractivity contribution in [2.24, 2.45) is 0 Å². The summed E-state index contributed by atoms with van der Waals surface area (Å²) in [6, 6.07) is 6.90. The maximum Gasteiger partial charge on any atom is 0.328 e. The molecule has 1 heterocycles. The molecule has 0 radical (unpaired) electrons. The summed E-state index contributed by atoms with van der Waals surface area (Å²) in [6.45, 7) is 0. The van der Waals surface area contributed by atoms with Crippen molar-refractivity contribution in [2.45, 2.75) is 0 Å². The quantitative estimate of drug-likeness (QED) is 0.838. The monoisotopic (exact) mass is 325 g/mol. The second-order valence-corrected chi connectivity index (χ2v) is 5.54. The smallest absolute Gasteiger partial charge is 0.328 e. The zero-order valence-corrected chi connectivity index (χ0v) is 12.0. The lowest BCUT2D eigenvalue weighted by Gasteiger charge is -2.04. The molecule has 0 aliphatic carbocycles. The highest BCUT2D eigenvalue weighted by atomic mass is 35.5. The first-order chi connectivity index (χ1) is 9.94. The number of amides is 1. The second kappa shape index (κ2) is 6.51. The Morgan fingerprint density at radius 1 is 1.29 bits per heavy atom. The first-order valence-corrected chi connectivity index (χ1v) is 6.92. The van der Waals surface area contributed by atoms with E-state index in [1.54, 1.807) is 12.1 Å². The lowest BCUT2D eigenvalue weighted by atomic mass is 10.3. The molecule has 108 valence electrons. The first-order valence-electron chi connectivity index (χ1n) is 5.72. The summed E-state index contributed by atoms with van der Waals surface area (Å²) in [5.41, 5.74) is 0.251. The Bertz CT molecular complexity index is 707. The van der Waals surface area contributed by atoms with Crippen molar-refractivity contribution in [3.63, 3.8) is 0 Å². The zero-order chi connectivity index (χ0) is 15.4. The van der Waals surface area contributed by atoms with E-state index in [2.05, 4.69) is 5.32 Å². The molecule has 0 atom stereocenters. The fraction of sp³-hybridized carbons (Fsp3) is 0. The predicted molar refractivity (Wildman–Crippen MR) is 80.4 cm³/mol. The highest BCUT2D eigenvalue weighted by molar-refractivity contribution is 7.15. The largest absolute Gasteiger partial charge is 0.478 e. The molecule has 7 heteroatoms. The molecule has 2 aromatic rings. The number of carbonyl (C=O) groups is 2. The summed E-state index contributed by atoms with van der Waals surface area (Å²) in [5, 5.41) is 11.2. The Balaban J connectivity index is 2.11. The Hall–Kier alpha value is -2.18. The molecule has 0 spiro atoms. The van der Waals surface area contributed by atoms with Gasteiger partial charge < -0.3 is 10.4 Å². The van der Waals surface area contributed by atoms with E-state index in [0.29, 0.717) is 9.75 Å². The van der Waals surface area contributed by atoms with Gasteiger partial charge in [-0.15, -0.1) is 11.3 Å². The maximum atomic E-state index is 13.2. The Kier molecular flexibility index (Phi) is 4.72. The molecule has 0 saturated carbocycles. The van der Waals surface area contributed by atoms with E-state index in [4.69, 9.17) is 16.7 Å². The van der Waals surface area contributed by atoms with Gasteiger partial charge >= 0.3 is 5.97 Å². The SMILES string of the molecule is O=C(O)/C=C/c1ccc(C(=O)Nc2cc(F)cc(Cl)c2)s1. The maximum absolute atomic E-state index is 13.2. The van der Waals surface area contributed by atoms with Crippen molar-refractivity contribution < 1.29 is 19.1 Å². The standard InChI is InChI=1S/C14H9ClFNO3S/c15-8-5-9(16)7-10(6-8)17-14(20)12-3-1-11(21-12)2-4-13(18)19/h1-7H,(H,17,20)(H,18,19)/b4-2+. The van der Waals surface area contributed by atoms with Crippen LogP contribution in [0.3, 0.4) is 0 Å². The van der Waals surface area contributed by atoms with E-state index in [-0.39, 0.29) is 10.7 Å². The van der Waals surface area contributed by atoms with E-state index in [1.807, 2.05) is 0 Å². The molecule has 1 aromatic carbocycles. The molecule has 0 bridgehead atoms. The number of carboxylic acids is 1. The molecule has 2 rings (SSSR count). The minimum Gasteiger partial charge on any atom is -0.478 e. The van der Waals surface area contributed by atoms with Crippen molar-refractivity contribution in [2.75, 3.05) is 5.32 Å². The van der Waals surface area contributed by atoms with E-state index in [1.165, 1.54) is 12.1 Å². The van der Waals surface area contributed by atoms with Crippen LogP contribution < -0.4 is 5.32 Å². The number of rotatable bonds is 4. The summed E-state index contributed by atoms with van der Waals surface area (Å²) >= 11 is 6.82. The Morgan fingerprint density at radius 2 is 2.05 bits per heavy atom. The van der Waals surface area contributed by atoms with Crippen molar-refractivity contribution in [3.8, 4) is 0 Å². The van der Waals surface area contributed by atoms with Crippen LogP contribution in [0.15, 0.2) is 36.4 Å². The number of hydrogen-bond donors (Lipinski definition) is 2. The topological polar surface area (TPSA) is 66.4 Å². The van der Waals surface area contributed by atoms with Crippen molar-refractivity contribution >= 4 is 46.6 Å². The average Bonchev–Trinajstić information content (AvgIpc) is 2.83. The molecule has 0 unspecified atom stereocenters. The van der Waals surface area contributed by atoms with Crippen LogP contribution in [0, 0.1) is 5.82 Å². The van der Waals surface area contributed by atoms with Crippen LogP contribution >= 0.6 is 22.9 Å². The van der Waals surface area contributed by atoms with Crippen LogP contribution in [0.25, 0.3) is 6.08 Å². The molecule has 0 aliphatic heterocycles. The number of thiophene rings is 1. The van der Waals surface area contributed by atoms with Crippen LogP contribution in [0.1, 0.15) is 14.5 Å². The summed E-state index contributed by atoms with van der Waals surface area (Å²) in [5.74, 6) is -2.03. The van der Waals surface area contributed by atoms with Crippen LogP contribution in [-0.2, 0) is 4.79 Å². The van der Waals surface area contributed by atoms with E-state index in [9.17, 15) is 14.0 Å². The van der Waals surface area contributed by atoms with Crippen LogP contribution in [-0.4, -0.2) is 17.0 Å². The molecule has 2 N–H and O–H groups in total. The normalized spacial score (nSPS) is 10.8. The zero-order valence-electron chi connectivity index (χ0n) is 10.5. The van der Waals surface area contributed by atoms with Crippen LogP contribution in [0.2, 0.25) is 5.02 Å². The number of hydrogen-bond acceptors (Lipinski definition) is 3. The number of anilines is 1. The number of carbonyl (C=O) groups excluding carboxylic acids is 1. The van der Waals surface area contributed by atoms with Gasteiger partial charge in [0.2, 0.25) is 0 Å². The third-order valence-corrected chi connectivity index (χ3v) is 3.63. The van der Waals surface area contributed by atoms with Gasteiger partial charge in [-0.05, 0) is 36.4 Å². The lowest BCUT2D eigenvalue weighted by Crippen LogP contribution is -2.10. The molecule has 4 nitrogen and oxygen atoms in total. The second-order valence-electron chi connectivity index (χ2n) is 3.99. The van der Waals surface area contributed by atoms with Gasteiger partial charge in [0.1, 0.15) is 5.82 Å². The molecule has 0 fully saturated rings. The Labute approximate surface area is 128 Å². The number of benzene rings is 1. The number of nitrogens with one attached hydrogen (secondary N) is 1. The van der Waals surface area contributed by atoms with Gasteiger partial charge in [0.05, 0.1) is 4.88 Å². The fourth-order valence-electron chi connectivity index (χ4n) is 1.54. The lowest BCUT2D eigenvalue weighted by molar-refractivity contribution is -0.131. The molecule has 0 aliphatic rings. The van der Waals surface area contributed by atoms with Gasteiger partial charge in [0, 0.05) is 21.7 Å². The first kappa shape index (κ1) is 15.2. The van der Waals surface area contributed by atoms with E-state index < -0.39 is 17.7 Å². The average molecular weight is 326 g/mol. The van der Waals surface area contributed by atoms with Gasteiger partial charge in [-0.25, -0.2) is 9.18 Å². The third kappa shape index (κ3) is 4.40. The minimum absolute atomic E-state index is 0.182. The van der Waals surface area contributed by atoms with Gasteiger partial charge in [-0.3, -0.25) is 4.79 Å².